The van der Waals surface area contributed by atoms with Crippen molar-refractivity contribution < 1.29 is 80.2 Å². The van der Waals surface area contributed by atoms with Gasteiger partial charge in [0, 0.05) is 25.7 Å². The molecule has 0 aromatic carbocycles. The van der Waals surface area contributed by atoms with E-state index in [-0.39, 0.29) is 25.7 Å². The number of aliphatic hydroxyl groups is 1. The van der Waals surface area contributed by atoms with Crippen molar-refractivity contribution in [1.29, 1.82) is 0 Å². The van der Waals surface area contributed by atoms with Crippen LogP contribution < -0.4 is 0 Å². The molecule has 0 aliphatic carbocycles. The molecular formula is C72H140O17P2. The molecule has 0 radical (unpaired) electrons. The Balaban J connectivity index is 5.20. The van der Waals surface area contributed by atoms with Crippen molar-refractivity contribution in [2.24, 2.45) is 11.8 Å². The van der Waals surface area contributed by atoms with E-state index in [1.54, 1.807) is 0 Å². The van der Waals surface area contributed by atoms with E-state index in [1.165, 1.54) is 173 Å². The molecule has 0 fully saturated rings. The van der Waals surface area contributed by atoms with Gasteiger partial charge < -0.3 is 33.8 Å². The maximum absolute atomic E-state index is 13.0. The maximum Gasteiger partial charge on any atom is 0.472 e. The summed E-state index contributed by atoms with van der Waals surface area (Å²) in [5.41, 5.74) is 0. The van der Waals surface area contributed by atoms with Crippen LogP contribution in [0.15, 0.2) is 0 Å². The molecule has 0 aromatic rings. The van der Waals surface area contributed by atoms with E-state index < -0.39 is 97.5 Å². The molecule has 5 atom stereocenters. The molecule has 91 heavy (non-hydrogen) atoms. The second-order valence-electron chi connectivity index (χ2n) is 26.9. The van der Waals surface area contributed by atoms with Gasteiger partial charge in [0.05, 0.1) is 26.4 Å². The van der Waals surface area contributed by atoms with Gasteiger partial charge in [0.2, 0.25) is 0 Å². The first-order chi connectivity index (χ1) is 43.9. The van der Waals surface area contributed by atoms with Crippen LogP contribution in [-0.2, 0) is 65.4 Å². The Morgan fingerprint density at radius 3 is 0.747 bits per heavy atom. The number of esters is 4. The lowest BCUT2D eigenvalue weighted by Crippen LogP contribution is -2.30. The SMILES string of the molecule is CCCCCCCCCCCCCCCCCCCCC(=O)O[C@H](COC(=O)CCCCCCCCCCCCCC(C)C)COP(=O)(O)OC[C@@H](O)COP(=O)(O)OC[C@@H](COC(=O)CCCCCCCCC)OC(=O)CCCCCCCCCCCC(C)C. The summed E-state index contributed by atoms with van der Waals surface area (Å²) in [6.07, 6.45) is 50.1. The van der Waals surface area contributed by atoms with Gasteiger partial charge in [-0.2, -0.15) is 0 Å². The Kier molecular flexibility index (Phi) is 62.7. The highest BCUT2D eigenvalue weighted by atomic mass is 31.2. The summed E-state index contributed by atoms with van der Waals surface area (Å²) in [5, 5.41) is 10.6. The molecule has 0 rings (SSSR count). The molecule has 0 aliphatic heterocycles. The molecule has 0 aliphatic rings. The standard InChI is InChI=1S/C72H140O17P2/c1-7-9-11-13-15-16-17-18-19-20-21-22-23-26-32-38-44-50-56-71(76)89-68(61-83-70(75)55-49-43-37-31-27-24-25-29-35-40-46-52-64(3)4)63-87-91(80,81)85-59-66(73)58-84-90(78,79)86-62-67(60-82-69(74)54-48-42-34-14-12-10-8-2)88-72(77)57-51-45-39-33-28-30-36-41-47-53-65(5)6/h64-68,73H,7-63H2,1-6H3,(H,78,79)(H,80,81)/t66-,67+,68+/m0/s1. The highest BCUT2D eigenvalue weighted by molar-refractivity contribution is 7.47. The molecule has 0 saturated carbocycles. The fourth-order valence-electron chi connectivity index (χ4n) is 10.9. The average molecular weight is 1340 g/mol. The largest absolute Gasteiger partial charge is 0.472 e. The number of phosphoric acid groups is 2. The Labute approximate surface area is 556 Å². The van der Waals surface area contributed by atoms with E-state index in [2.05, 4.69) is 41.5 Å². The number of hydrogen-bond donors (Lipinski definition) is 3. The lowest BCUT2D eigenvalue weighted by molar-refractivity contribution is -0.161. The quantitative estimate of drug-likeness (QED) is 0.0222. The summed E-state index contributed by atoms with van der Waals surface area (Å²) in [6.45, 7) is 9.51. The second-order valence-corrected chi connectivity index (χ2v) is 29.8. The van der Waals surface area contributed by atoms with Crippen LogP contribution in [0.5, 0.6) is 0 Å². The number of phosphoric ester groups is 2. The Morgan fingerprint density at radius 2 is 0.505 bits per heavy atom. The van der Waals surface area contributed by atoms with Crippen LogP contribution in [0.25, 0.3) is 0 Å². The van der Waals surface area contributed by atoms with Gasteiger partial charge >= 0.3 is 39.5 Å². The number of ether oxygens (including phenoxy) is 4. The molecule has 3 N–H and O–H groups in total. The van der Waals surface area contributed by atoms with Gasteiger partial charge in [-0.25, -0.2) is 9.13 Å². The van der Waals surface area contributed by atoms with Crippen LogP contribution in [0.4, 0.5) is 0 Å². The van der Waals surface area contributed by atoms with E-state index in [0.29, 0.717) is 25.7 Å². The summed E-state index contributed by atoms with van der Waals surface area (Å²) in [6, 6.07) is 0. The first-order valence-corrected chi connectivity index (χ1v) is 40.5. The Bertz CT molecular complexity index is 1770. The molecule has 19 heteroatoms. The predicted molar refractivity (Wildman–Crippen MR) is 368 cm³/mol. The van der Waals surface area contributed by atoms with Crippen molar-refractivity contribution >= 4 is 39.5 Å². The third kappa shape index (κ3) is 66.5. The minimum atomic E-state index is -4.95. The average Bonchev–Trinajstić information content (AvgIpc) is 3.68. The number of rotatable bonds is 71. The summed E-state index contributed by atoms with van der Waals surface area (Å²) in [7, 11) is -9.90. The first kappa shape index (κ1) is 89.1. The van der Waals surface area contributed by atoms with Gasteiger partial charge in [-0.05, 0) is 37.5 Å². The zero-order chi connectivity index (χ0) is 67.2. The summed E-state index contributed by atoms with van der Waals surface area (Å²) < 4.78 is 68.3. The molecule has 0 bridgehead atoms. The van der Waals surface area contributed by atoms with Crippen LogP contribution >= 0.6 is 15.6 Å². The summed E-state index contributed by atoms with van der Waals surface area (Å²) >= 11 is 0. The van der Waals surface area contributed by atoms with Crippen LogP contribution in [0.2, 0.25) is 0 Å². The fourth-order valence-corrected chi connectivity index (χ4v) is 12.5. The number of unbranched alkanes of at least 4 members (excludes halogenated alkanes) is 41. The molecule has 2 unspecified atom stereocenters. The lowest BCUT2D eigenvalue weighted by Gasteiger charge is -2.21. The normalized spacial score (nSPS) is 14.1. The number of carbonyl (C=O) groups excluding carboxylic acids is 4. The lowest BCUT2D eigenvalue weighted by atomic mass is 10.0. The molecule has 0 aromatic heterocycles. The van der Waals surface area contributed by atoms with E-state index in [4.69, 9.17) is 37.0 Å². The van der Waals surface area contributed by atoms with Crippen molar-refractivity contribution in [3.63, 3.8) is 0 Å². The Morgan fingerprint density at radius 1 is 0.297 bits per heavy atom. The molecule has 0 heterocycles. The maximum atomic E-state index is 13.0. The van der Waals surface area contributed by atoms with Gasteiger partial charge in [-0.15, -0.1) is 0 Å². The molecule has 0 spiro atoms. The van der Waals surface area contributed by atoms with Crippen molar-refractivity contribution in [2.45, 2.75) is 387 Å². The number of aliphatic hydroxyl groups excluding tert-OH is 1. The van der Waals surface area contributed by atoms with Gasteiger partial charge in [-0.3, -0.25) is 37.3 Å². The van der Waals surface area contributed by atoms with Crippen LogP contribution in [0, 0.1) is 11.8 Å². The van der Waals surface area contributed by atoms with Crippen molar-refractivity contribution in [3.05, 3.63) is 0 Å². The second kappa shape index (κ2) is 64.1. The van der Waals surface area contributed by atoms with Gasteiger partial charge in [0.1, 0.15) is 19.3 Å². The van der Waals surface area contributed by atoms with Crippen LogP contribution in [0.1, 0.15) is 369 Å². The molecular weight excluding hydrogens is 1200 g/mol. The van der Waals surface area contributed by atoms with Gasteiger partial charge in [-0.1, -0.05) is 318 Å². The van der Waals surface area contributed by atoms with E-state index >= 15 is 0 Å². The van der Waals surface area contributed by atoms with Crippen LogP contribution in [-0.4, -0.2) is 96.7 Å². The van der Waals surface area contributed by atoms with Crippen molar-refractivity contribution in [3.8, 4) is 0 Å². The van der Waals surface area contributed by atoms with Gasteiger partial charge in [0.15, 0.2) is 12.2 Å². The third-order valence-electron chi connectivity index (χ3n) is 16.7. The smallest absolute Gasteiger partial charge is 0.462 e. The minimum Gasteiger partial charge on any atom is -0.462 e. The monoisotopic (exact) mass is 1340 g/mol. The van der Waals surface area contributed by atoms with Crippen LogP contribution in [0.3, 0.4) is 0 Å². The molecule has 0 saturated heterocycles. The van der Waals surface area contributed by atoms with E-state index in [9.17, 15) is 43.2 Å². The first-order valence-electron chi connectivity index (χ1n) is 37.5. The zero-order valence-electron chi connectivity index (χ0n) is 59.1. The minimum absolute atomic E-state index is 0.105. The van der Waals surface area contributed by atoms with E-state index in [0.717, 1.165) is 115 Å². The topological polar surface area (TPSA) is 237 Å². The highest BCUT2D eigenvalue weighted by Gasteiger charge is 2.30. The number of hydrogen-bond acceptors (Lipinski definition) is 15. The highest BCUT2D eigenvalue weighted by Crippen LogP contribution is 2.45. The predicted octanol–water partition coefficient (Wildman–Crippen LogP) is 20.8. The summed E-state index contributed by atoms with van der Waals surface area (Å²) in [4.78, 5) is 72.5. The third-order valence-corrected chi connectivity index (χ3v) is 18.6. The van der Waals surface area contributed by atoms with Gasteiger partial charge in [0.25, 0.3) is 0 Å². The Hall–Kier alpha value is -1.94. The molecule has 540 valence electrons. The zero-order valence-corrected chi connectivity index (χ0v) is 60.9. The number of carbonyl (C=O) groups is 4. The summed E-state index contributed by atoms with van der Waals surface area (Å²) in [5.74, 6) is -0.618. The van der Waals surface area contributed by atoms with Crippen molar-refractivity contribution in [1.82, 2.24) is 0 Å². The molecule has 17 nitrogen and oxygen atoms in total. The molecule has 0 amide bonds. The van der Waals surface area contributed by atoms with E-state index in [1.807, 2.05) is 0 Å². The fraction of sp³-hybridized carbons (Fsp3) is 0.944. The van der Waals surface area contributed by atoms with Crippen molar-refractivity contribution in [2.75, 3.05) is 39.6 Å².